The van der Waals surface area contributed by atoms with Crippen LogP contribution in [0.1, 0.15) is 5.56 Å². The van der Waals surface area contributed by atoms with Crippen molar-refractivity contribution in [2.45, 2.75) is 6.61 Å². The number of hydrogen-bond donors (Lipinski definition) is 0. The van der Waals surface area contributed by atoms with Gasteiger partial charge in [0.2, 0.25) is 0 Å². The van der Waals surface area contributed by atoms with Crippen LogP contribution in [0.25, 0.3) is 0 Å². The summed E-state index contributed by atoms with van der Waals surface area (Å²) in [5.41, 5.74) is 0.361. The van der Waals surface area contributed by atoms with Gasteiger partial charge in [0.25, 0.3) is 0 Å². The molecule has 0 N–H and O–H groups in total. The number of rotatable bonds is 3. The molecule has 0 aromatic heterocycles. The van der Waals surface area contributed by atoms with Crippen molar-refractivity contribution in [3.05, 3.63) is 63.1 Å². The summed E-state index contributed by atoms with van der Waals surface area (Å²) >= 11 is 8.79. The predicted molar refractivity (Wildman–Crippen MR) is 69.8 cm³/mol. The van der Waals surface area contributed by atoms with Crippen LogP contribution in [-0.4, -0.2) is 0 Å². The van der Waals surface area contributed by atoms with Crippen LogP contribution in [0.2, 0.25) is 5.02 Å². The molecule has 0 unspecified atom stereocenters. The first-order chi connectivity index (χ1) is 8.54. The van der Waals surface area contributed by atoms with E-state index in [1.165, 1.54) is 24.3 Å². The van der Waals surface area contributed by atoms with Crippen LogP contribution in [0.15, 0.2) is 40.9 Å². The van der Waals surface area contributed by atoms with Gasteiger partial charge in [0.1, 0.15) is 24.0 Å². The summed E-state index contributed by atoms with van der Waals surface area (Å²) in [6, 6.07) is 8.48. The Bertz CT molecular complexity index is 555. The summed E-state index contributed by atoms with van der Waals surface area (Å²) in [5, 5.41) is 0.324. The topological polar surface area (TPSA) is 9.23 Å². The molecule has 0 saturated carbocycles. The first-order valence-corrected chi connectivity index (χ1v) is 6.24. The second-order valence-corrected chi connectivity index (χ2v) is 4.98. The largest absolute Gasteiger partial charge is 0.489 e. The maximum Gasteiger partial charge on any atom is 0.131 e. The minimum atomic E-state index is -0.446. The monoisotopic (exact) mass is 332 g/mol. The molecule has 2 rings (SSSR count). The standard InChI is InChI=1S/C13H8BrClF2O/c14-9-3-11(16)6-12(4-9)18-7-8-1-2-10(15)5-13(8)17/h1-6H,7H2. The van der Waals surface area contributed by atoms with E-state index < -0.39 is 11.6 Å². The molecule has 0 fully saturated rings. The molecule has 18 heavy (non-hydrogen) atoms. The lowest BCUT2D eigenvalue weighted by Crippen LogP contribution is -1.98. The third kappa shape index (κ3) is 3.43. The maximum atomic E-state index is 13.5. The highest BCUT2D eigenvalue weighted by atomic mass is 79.9. The van der Waals surface area contributed by atoms with Gasteiger partial charge < -0.3 is 4.74 Å². The number of hydrogen-bond acceptors (Lipinski definition) is 1. The predicted octanol–water partition coefficient (Wildman–Crippen LogP) is 4.96. The molecular weight excluding hydrogens is 325 g/mol. The Balaban J connectivity index is 2.11. The Morgan fingerprint density at radius 2 is 1.89 bits per heavy atom. The molecular formula is C13H8BrClF2O. The number of ether oxygens (including phenoxy) is 1. The van der Waals surface area contributed by atoms with Gasteiger partial charge in [-0.15, -0.1) is 0 Å². The van der Waals surface area contributed by atoms with Crippen LogP contribution in [-0.2, 0) is 6.61 Å². The van der Waals surface area contributed by atoms with E-state index in [0.717, 1.165) is 0 Å². The van der Waals surface area contributed by atoms with E-state index in [1.54, 1.807) is 12.1 Å². The van der Waals surface area contributed by atoms with E-state index in [4.69, 9.17) is 16.3 Å². The quantitative estimate of drug-likeness (QED) is 0.771. The molecule has 0 heterocycles. The Morgan fingerprint density at radius 3 is 2.56 bits per heavy atom. The molecule has 2 aromatic carbocycles. The minimum absolute atomic E-state index is 0.0128. The van der Waals surface area contributed by atoms with E-state index >= 15 is 0 Å². The SMILES string of the molecule is Fc1cc(Br)cc(OCc2ccc(Cl)cc2F)c1. The van der Waals surface area contributed by atoms with E-state index in [0.29, 0.717) is 20.8 Å². The van der Waals surface area contributed by atoms with Gasteiger partial charge in [-0.05, 0) is 24.3 Å². The van der Waals surface area contributed by atoms with Crippen molar-refractivity contribution in [2.75, 3.05) is 0 Å². The highest BCUT2D eigenvalue weighted by Gasteiger charge is 2.05. The first-order valence-electron chi connectivity index (χ1n) is 5.07. The van der Waals surface area contributed by atoms with Gasteiger partial charge in [-0.1, -0.05) is 33.6 Å². The van der Waals surface area contributed by atoms with Crippen molar-refractivity contribution < 1.29 is 13.5 Å². The minimum Gasteiger partial charge on any atom is -0.489 e. The van der Waals surface area contributed by atoms with Gasteiger partial charge in [0.05, 0.1) is 0 Å². The lowest BCUT2D eigenvalue weighted by atomic mass is 10.2. The molecule has 0 aliphatic carbocycles. The van der Waals surface area contributed by atoms with Crippen LogP contribution in [0.4, 0.5) is 8.78 Å². The van der Waals surface area contributed by atoms with Crippen molar-refractivity contribution in [3.8, 4) is 5.75 Å². The van der Waals surface area contributed by atoms with Gasteiger partial charge in [-0.2, -0.15) is 0 Å². The molecule has 0 atom stereocenters. The molecule has 2 aromatic rings. The third-order valence-electron chi connectivity index (χ3n) is 2.25. The van der Waals surface area contributed by atoms with Crippen LogP contribution in [0.5, 0.6) is 5.75 Å². The Hall–Kier alpha value is -1.13. The zero-order valence-electron chi connectivity index (χ0n) is 9.09. The summed E-state index contributed by atoms with van der Waals surface area (Å²) in [6.07, 6.45) is 0. The van der Waals surface area contributed by atoms with Gasteiger partial charge in [-0.25, -0.2) is 8.78 Å². The van der Waals surface area contributed by atoms with Crippen molar-refractivity contribution >= 4 is 27.5 Å². The fourth-order valence-electron chi connectivity index (χ4n) is 1.41. The van der Waals surface area contributed by atoms with Crippen molar-refractivity contribution in [2.24, 2.45) is 0 Å². The third-order valence-corrected chi connectivity index (χ3v) is 2.94. The number of halogens is 4. The highest BCUT2D eigenvalue weighted by Crippen LogP contribution is 2.22. The second kappa shape index (κ2) is 5.67. The molecule has 5 heteroatoms. The van der Waals surface area contributed by atoms with E-state index in [1.807, 2.05) is 0 Å². The molecule has 0 radical (unpaired) electrons. The fraction of sp³-hybridized carbons (Fsp3) is 0.0769. The zero-order chi connectivity index (χ0) is 13.1. The highest BCUT2D eigenvalue weighted by molar-refractivity contribution is 9.10. The summed E-state index contributed by atoms with van der Waals surface area (Å²) < 4.78 is 32.4. The van der Waals surface area contributed by atoms with Gasteiger partial charge >= 0.3 is 0 Å². The number of benzene rings is 2. The van der Waals surface area contributed by atoms with Gasteiger partial charge in [0.15, 0.2) is 0 Å². The summed E-state index contributed by atoms with van der Waals surface area (Å²) in [4.78, 5) is 0. The van der Waals surface area contributed by atoms with Crippen molar-refractivity contribution in [3.63, 3.8) is 0 Å². The van der Waals surface area contributed by atoms with Gasteiger partial charge in [0, 0.05) is 21.1 Å². The normalized spacial score (nSPS) is 10.4. The molecule has 0 spiro atoms. The smallest absolute Gasteiger partial charge is 0.131 e. The molecule has 0 aliphatic rings. The van der Waals surface area contributed by atoms with Crippen LogP contribution >= 0.6 is 27.5 Å². The summed E-state index contributed by atoms with van der Waals surface area (Å²) in [7, 11) is 0. The Morgan fingerprint density at radius 1 is 1.11 bits per heavy atom. The molecule has 0 bridgehead atoms. The average molecular weight is 334 g/mol. The van der Waals surface area contributed by atoms with Crippen LogP contribution in [0.3, 0.4) is 0 Å². The molecule has 1 nitrogen and oxygen atoms in total. The zero-order valence-corrected chi connectivity index (χ0v) is 11.4. The lowest BCUT2D eigenvalue weighted by molar-refractivity contribution is 0.298. The van der Waals surface area contributed by atoms with E-state index in [9.17, 15) is 8.78 Å². The van der Waals surface area contributed by atoms with Crippen LogP contribution < -0.4 is 4.74 Å². The summed E-state index contributed by atoms with van der Waals surface area (Å²) in [5.74, 6) is -0.537. The van der Waals surface area contributed by atoms with Crippen molar-refractivity contribution in [1.82, 2.24) is 0 Å². The fourth-order valence-corrected chi connectivity index (χ4v) is 2.01. The second-order valence-electron chi connectivity index (χ2n) is 3.63. The maximum absolute atomic E-state index is 13.5. The molecule has 0 saturated heterocycles. The van der Waals surface area contributed by atoms with E-state index in [2.05, 4.69) is 15.9 Å². The van der Waals surface area contributed by atoms with Gasteiger partial charge in [-0.3, -0.25) is 0 Å². The van der Waals surface area contributed by atoms with Crippen molar-refractivity contribution in [1.29, 1.82) is 0 Å². The Kier molecular flexibility index (Phi) is 4.19. The Labute approximate surface area is 116 Å². The molecule has 0 amide bonds. The summed E-state index contributed by atoms with van der Waals surface area (Å²) in [6.45, 7) is 0.0128. The molecule has 0 aliphatic heterocycles. The lowest BCUT2D eigenvalue weighted by Gasteiger charge is -2.08. The molecule has 94 valence electrons. The first kappa shape index (κ1) is 13.3. The average Bonchev–Trinajstić information content (AvgIpc) is 2.26. The van der Waals surface area contributed by atoms with E-state index in [-0.39, 0.29) is 6.61 Å². The van der Waals surface area contributed by atoms with Crippen LogP contribution in [0, 0.1) is 11.6 Å².